The highest BCUT2D eigenvalue weighted by atomic mass is 16.5. The monoisotopic (exact) mass is 400 g/mol. The third kappa shape index (κ3) is 4.50. The van der Waals surface area contributed by atoms with Crippen LogP contribution in [0.5, 0.6) is 0 Å². The molecule has 6 heteroatoms. The van der Waals surface area contributed by atoms with Gasteiger partial charge < -0.3 is 15.0 Å². The highest BCUT2D eigenvalue weighted by Gasteiger charge is 2.11. The maximum Gasteiger partial charge on any atom is 0.251 e. The summed E-state index contributed by atoms with van der Waals surface area (Å²) in [4.78, 5) is 14.3. The molecular weight excluding hydrogens is 376 g/mol. The van der Waals surface area contributed by atoms with Gasteiger partial charge in [-0.3, -0.25) is 9.89 Å². The zero-order valence-electron chi connectivity index (χ0n) is 17.1. The van der Waals surface area contributed by atoms with E-state index in [1.165, 1.54) is 0 Å². The molecule has 0 aliphatic carbocycles. The molecule has 0 bridgehead atoms. The number of nitrogens with one attached hydrogen (secondary N) is 2. The predicted molar refractivity (Wildman–Crippen MR) is 121 cm³/mol. The Labute approximate surface area is 175 Å². The number of H-pyrrole nitrogens is 1. The molecule has 0 fully saturated rings. The lowest BCUT2D eigenvalue weighted by molar-refractivity contribution is -0.121. The molecule has 0 aliphatic heterocycles. The first-order chi connectivity index (χ1) is 14.6. The van der Waals surface area contributed by atoms with Crippen LogP contribution in [0.2, 0.25) is 0 Å². The molecule has 0 unspecified atom stereocenters. The first-order valence-corrected chi connectivity index (χ1v) is 9.77. The zero-order chi connectivity index (χ0) is 20.9. The summed E-state index contributed by atoms with van der Waals surface area (Å²) in [5.41, 5.74) is 5.25. The van der Waals surface area contributed by atoms with Crippen LogP contribution in [-0.2, 0) is 16.1 Å². The summed E-state index contributed by atoms with van der Waals surface area (Å²) in [7, 11) is 4.04. The number of carbonyl (C=O) groups is 1. The SMILES string of the molecule is CN(C)c1ccc(-c2ccc3c(NC(=O)COCc4ccccc4)n[nH]c3c2)cc1. The Bertz CT molecular complexity index is 1140. The summed E-state index contributed by atoms with van der Waals surface area (Å²) in [5, 5.41) is 10.9. The van der Waals surface area contributed by atoms with E-state index in [2.05, 4.69) is 44.7 Å². The first kappa shape index (κ1) is 19.7. The molecule has 1 aromatic heterocycles. The van der Waals surface area contributed by atoms with E-state index in [0.717, 1.165) is 33.3 Å². The van der Waals surface area contributed by atoms with E-state index in [1.807, 2.05) is 62.6 Å². The summed E-state index contributed by atoms with van der Waals surface area (Å²) in [6.07, 6.45) is 0. The Morgan fingerprint density at radius 3 is 2.47 bits per heavy atom. The van der Waals surface area contributed by atoms with Gasteiger partial charge in [0.1, 0.15) is 6.61 Å². The van der Waals surface area contributed by atoms with Crippen LogP contribution in [-0.4, -0.2) is 36.8 Å². The highest BCUT2D eigenvalue weighted by Crippen LogP contribution is 2.28. The Balaban J connectivity index is 1.41. The second-order valence-corrected chi connectivity index (χ2v) is 7.30. The van der Waals surface area contributed by atoms with Crippen molar-refractivity contribution in [2.24, 2.45) is 0 Å². The fraction of sp³-hybridized carbons (Fsp3) is 0.167. The topological polar surface area (TPSA) is 70.2 Å². The van der Waals surface area contributed by atoms with Crippen molar-refractivity contribution in [2.45, 2.75) is 6.61 Å². The maximum absolute atomic E-state index is 12.2. The Morgan fingerprint density at radius 1 is 1.00 bits per heavy atom. The van der Waals surface area contributed by atoms with Gasteiger partial charge in [0.05, 0.1) is 12.1 Å². The van der Waals surface area contributed by atoms with Gasteiger partial charge in [0.15, 0.2) is 5.82 Å². The lowest BCUT2D eigenvalue weighted by Gasteiger charge is -2.12. The normalized spacial score (nSPS) is 10.9. The molecule has 4 aromatic rings. The van der Waals surface area contributed by atoms with E-state index in [-0.39, 0.29) is 12.5 Å². The lowest BCUT2D eigenvalue weighted by Crippen LogP contribution is -2.18. The second-order valence-electron chi connectivity index (χ2n) is 7.30. The van der Waals surface area contributed by atoms with Crippen LogP contribution in [0.4, 0.5) is 11.5 Å². The number of fused-ring (bicyclic) bond motifs is 1. The van der Waals surface area contributed by atoms with Gasteiger partial charge in [-0.05, 0) is 41.0 Å². The number of nitrogens with zero attached hydrogens (tertiary/aromatic N) is 2. The van der Waals surface area contributed by atoms with Crippen molar-refractivity contribution in [1.29, 1.82) is 0 Å². The van der Waals surface area contributed by atoms with E-state index in [4.69, 9.17) is 4.74 Å². The van der Waals surface area contributed by atoms with Crippen molar-refractivity contribution in [3.63, 3.8) is 0 Å². The third-order valence-corrected chi connectivity index (χ3v) is 4.88. The van der Waals surface area contributed by atoms with Crippen LogP contribution in [0.15, 0.2) is 72.8 Å². The summed E-state index contributed by atoms with van der Waals surface area (Å²) < 4.78 is 5.49. The Kier molecular flexibility index (Phi) is 5.77. The van der Waals surface area contributed by atoms with Crippen molar-refractivity contribution < 1.29 is 9.53 Å². The minimum Gasteiger partial charge on any atom is -0.378 e. The fourth-order valence-electron chi connectivity index (χ4n) is 3.25. The average molecular weight is 400 g/mol. The van der Waals surface area contributed by atoms with Crippen LogP contribution in [0.1, 0.15) is 5.56 Å². The van der Waals surface area contributed by atoms with Crippen LogP contribution < -0.4 is 10.2 Å². The second kappa shape index (κ2) is 8.80. The Morgan fingerprint density at radius 2 is 1.73 bits per heavy atom. The van der Waals surface area contributed by atoms with Crippen molar-refractivity contribution in [2.75, 3.05) is 30.9 Å². The van der Waals surface area contributed by atoms with E-state index >= 15 is 0 Å². The van der Waals surface area contributed by atoms with Crippen molar-refractivity contribution >= 4 is 28.3 Å². The molecule has 152 valence electrons. The molecule has 30 heavy (non-hydrogen) atoms. The number of hydrogen-bond acceptors (Lipinski definition) is 4. The van der Waals surface area contributed by atoms with Crippen LogP contribution >= 0.6 is 0 Å². The number of aromatic amines is 1. The van der Waals surface area contributed by atoms with Gasteiger partial charge in [-0.25, -0.2) is 0 Å². The number of hydrogen-bond donors (Lipinski definition) is 2. The molecule has 6 nitrogen and oxygen atoms in total. The number of carbonyl (C=O) groups excluding carboxylic acids is 1. The van der Waals surface area contributed by atoms with Crippen LogP contribution in [0.3, 0.4) is 0 Å². The molecule has 0 aliphatic rings. The molecule has 0 spiro atoms. The number of benzene rings is 3. The molecule has 0 radical (unpaired) electrons. The van der Waals surface area contributed by atoms with E-state index in [9.17, 15) is 4.79 Å². The zero-order valence-corrected chi connectivity index (χ0v) is 17.1. The molecule has 1 heterocycles. The maximum atomic E-state index is 12.2. The van der Waals surface area contributed by atoms with Crippen LogP contribution in [0, 0.1) is 0 Å². The molecular formula is C24H24N4O2. The number of aromatic nitrogens is 2. The smallest absolute Gasteiger partial charge is 0.251 e. The van der Waals surface area contributed by atoms with Crippen molar-refractivity contribution in [3.8, 4) is 11.1 Å². The molecule has 0 saturated heterocycles. The molecule has 3 aromatic carbocycles. The van der Waals surface area contributed by atoms with Crippen molar-refractivity contribution in [3.05, 3.63) is 78.4 Å². The minimum atomic E-state index is -0.234. The summed E-state index contributed by atoms with van der Waals surface area (Å²) in [6.45, 7) is 0.366. The van der Waals surface area contributed by atoms with Crippen molar-refractivity contribution in [1.82, 2.24) is 10.2 Å². The standard InChI is InChI=1S/C24H24N4O2/c1-28(2)20-11-8-18(9-12-20)19-10-13-21-22(14-19)26-27-24(21)25-23(29)16-30-15-17-6-4-3-5-7-17/h3-14H,15-16H2,1-2H3,(H2,25,26,27,29). The largest absolute Gasteiger partial charge is 0.378 e. The lowest BCUT2D eigenvalue weighted by atomic mass is 10.0. The first-order valence-electron chi connectivity index (χ1n) is 9.77. The van der Waals surface area contributed by atoms with E-state index in [1.54, 1.807) is 0 Å². The van der Waals surface area contributed by atoms with Gasteiger partial charge in [-0.15, -0.1) is 0 Å². The van der Waals surface area contributed by atoms with Gasteiger partial charge in [0.2, 0.25) is 0 Å². The summed E-state index contributed by atoms with van der Waals surface area (Å²) >= 11 is 0. The predicted octanol–water partition coefficient (Wildman–Crippen LogP) is 4.45. The number of rotatable bonds is 7. The van der Waals surface area contributed by atoms with Gasteiger partial charge in [0.25, 0.3) is 5.91 Å². The number of ether oxygens (including phenoxy) is 1. The van der Waals surface area contributed by atoms with Gasteiger partial charge in [-0.1, -0.05) is 48.5 Å². The number of anilines is 2. The van der Waals surface area contributed by atoms with E-state index < -0.39 is 0 Å². The fourth-order valence-corrected chi connectivity index (χ4v) is 3.25. The summed E-state index contributed by atoms with van der Waals surface area (Å²) in [6, 6.07) is 24.2. The third-order valence-electron chi connectivity index (χ3n) is 4.88. The van der Waals surface area contributed by atoms with E-state index in [0.29, 0.717) is 12.4 Å². The van der Waals surface area contributed by atoms with Gasteiger partial charge in [-0.2, -0.15) is 5.10 Å². The minimum absolute atomic E-state index is 0.0282. The molecule has 4 rings (SSSR count). The quantitative estimate of drug-likeness (QED) is 0.481. The van der Waals surface area contributed by atoms with Gasteiger partial charge in [0, 0.05) is 25.2 Å². The van der Waals surface area contributed by atoms with Gasteiger partial charge >= 0.3 is 0 Å². The summed E-state index contributed by atoms with van der Waals surface area (Å²) in [5.74, 6) is 0.274. The Hall–Kier alpha value is -3.64. The molecule has 0 saturated carbocycles. The molecule has 1 amide bonds. The number of amides is 1. The highest BCUT2D eigenvalue weighted by molar-refractivity contribution is 6.01. The molecule has 0 atom stereocenters. The van der Waals surface area contributed by atoms with Crippen LogP contribution in [0.25, 0.3) is 22.0 Å². The average Bonchev–Trinajstić information content (AvgIpc) is 3.16. The molecule has 2 N–H and O–H groups in total.